The molecule has 0 aliphatic carbocycles. The molecule has 0 saturated heterocycles. The van der Waals surface area contributed by atoms with Crippen molar-refractivity contribution in [2.45, 2.75) is 106 Å². The third-order valence-corrected chi connectivity index (χ3v) is 7.28. The van der Waals surface area contributed by atoms with Gasteiger partial charge in [0.25, 0.3) is 0 Å². The minimum absolute atomic E-state index is 0.0730. The molecule has 0 atom stereocenters. The quantitative estimate of drug-likeness (QED) is 0.109. The zero-order valence-corrected chi connectivity index (χ0v) is 27.6. The van der Waals surface area contributed by atoms with E-state index in [0.717, 1.165) is 41.7 Å². The van der Waals surface area contributed by atoms with E-state index in [1.165, 1.54) is 5.01 Å². The summed E-state index contributed by atoms with van der Waals surface area (Å²) >= 11 is 0. The summed E-state index contributed by atoms with van der Waals surface area (Å²) in [4.78, 5) is 17.9. The number of hydrogen-bond donors (Lipinski definition) is 2. The number of hydrogen-bond acceptors (Lipinski definition) is 7. The first-order chi connectivity index (χ1) is 19.0. The second-order valence-corrected chi connectivity index (χ2v) is 12.5. The molecular formula is C33H54N4O4. The number of aryl methyl sites for hydroxylation is 1. The van der Waals surface area contributed by atoms with Gasteiger partial charge in [-0.3, -0.25) is 15.2 Å². The topological polar surface area (TPSA) is 108 Å². The Kier molecular flexibility index (Phi) is 13.9. The molecule has 0 aliphatic rings. The fourth-order valence-electron chi connectivity index (χ4n) is 4.17. The van der Waals surface area contributed by atoms with Crippen LogP contribution in [0, 0.1) is 10.8 Å². The number of Topliss-reactive ketones (excluding diaryl/α,β-unsaturated/α-hetero) is 1. The maximum absolute atomic E-state index is 13.7. The average Bonchev–Trinajstić information content (AvgIpc) is 2.92. The Morgan fingerprint density at radius 1 is 1.12 bits per heavy atom. The summed E-state index contributed by atoms with van der Waals surface area (Å²) in [7, 11) is 3.35. The van der Waals surface area contributed by atoms with Crippen molar-refractivity contribution in [2.75, 3.05) is 27.3 Å². The van der Waals surface area contributed by atoms with Crippen LogP contribution in [0.4, 0.5) is 0 Å². The second-order valence-electron chi connectivity index (χ2n) is 12.5. The van der Waals surface area contributed by atoms with E-state index in [-0.39, 0.29) is 41.7 Å². The second kappa shape index (κ2) is 15.9. The van der Waals surface area contributed by atoms with Gasteiger partial charge in [0.05, 0.1) is 18.9 Å². The lowest BCUT2D eigenvalue weighted by Crippen LogP contribution is -2.30. The molecule has 0 heterocycles. The Balaban J connectivity index is 3.41. The number of benzene rings is 1. The number of rotatable bonds is 14. The number of nitrogens with one attached hydrogen (secondary N) is 1. The van der Waals surface area contributed by atoms with Crippen LogP contribution in [-0.4, -0.2) is 66.8 Å². The van der Waals surface area contributed by atoms with E-state index >= 15 is 0 Å². The average molecular weight is 571 g/mol. The summed E-state index contributed by atoms with van der Waals surface area (Å²) in [5.74, 6) is 1.34. The van der Waals surface area contributed by atoms with Gasteiger partial charge in [-0.25, -0.2) is 5.01 Å². The Bertz CT molecular complexity index is 1140. The highest BCUT2D eigenvalue weighted by Gasteiger charge is 2.26. The molecule has 41 heavy (non-hydrogen) atoms. The van der Waals surface area contributed by atoms with E-state index in [9.17, 15) is 9.90 Å². The smallest absolute Gasteiger partial charge is 0.208 e. The maximum atomic E-state index is 13.7. The van der Waals surface area contributed by atoms with Crippen LogP contribution >= 0.6 is 0 Å². The molecule has 0 aromatic heterocycles. The van der Waals surface area contributed by atoms with Crippen molar-refractivity contribution in [3.63, 3.8) is 0 Å². The standard InChI is InChI=1S/C33H54N4O4/c1-13-27(14-2)41-30(35-11)17-22(3)23(4)36-37(24(5)34)20-29(39)26-18-25(15-16-33(9,10)21-38)31(40-12)28(19-26)32(6,7)8/h17-19,27,34,38H,13-16,20-21H2,1-12H3/b22-17-,34-24?,35-30?,36-23+. The van der Waals surface area contributed by atoms with Crippen molar-refractivity contribution in [1.82, 2.24) is 5.01 Å². The predicted molar refractivity (Wildman–Crippen MR) is 171 cm³/mol. The van der Waals surface area contributed by atoms with Crippen molar-refractivity contribution in [1.29, 1.82) is 5.41 Å². The van der Waals surface area contributed by atoms with Crippen molar-refractivity contribution < 1.29 is 19.4 Å². The SMILES string of the molecule is CCC(CC)OC(/C=C(C)\C(C)=N\N(CC(=O)c1cc(CCC(C)(C)CO)c(OC)c(C(C)(C)C)c1)C(C)=N)=NC. The van der Waals surface area contributed by atoms with Crippen molar-refractivity contribution in [2.24, 2.45) is 15.5 Å². The number of aliphatic hydroxyl groups excluding tert-OH is 1. The number of aliphatic imine (C=N–C) groups is 1. The van der Waals surface area contributed by atoms with Crippen molar-refractivity contribution >= 4 is 23.2 Å². The Labute approximate surface area is 248 Å². The number of allylic oxidation sites excluding steroid dienone is 1. The van der Waals surface area contributed by atoms with Gasteiger partial charge in [-0.05, 0) is 80.6 Å². The minimum atomic E-state index is -0.258. The number of nitrogens with zero attached hydrogens (tertiary/aromatic N) is 3. The Morgan fingerprint density at radius 3 is 2.20 bits per heavy atom. The molecule has 0 radical (unpaired) electrons. The van der Waals surface area contributed by atoms with Crippen LogP contribution in [0.3, 0.4) is 0 Å². The number of carbonyl (C=O) groups excluding carboxylic acids is 1. The van der Waals surface area contributed by atoms with Gasteiger partial charge in [0.2, 0.25) is 5.90 Å². The lowest BCUT2D eigenvalue weighted by atomic mass is 9.81. The van der Waals surface area contributed by atoms with Crippen LogP contribution in [0.1, 0.15) is 110 Å². The zero-order chi connectivity index (χ0) is 31.5. The van der Waals surface area contributed by atoms with E-state index in [0.29, 0.717) is 23.6 Å². The zero-order valence-electron chi connectivity index (χ0n) is 27.6. The number of methoxy groups -OCH3 is 1. The van der Waals surface area contributed by atoms with Gasteiger partial charge in [0.1, 0.15) is 18.1 Å². The monoisotopic (exact) mass is 570 g/mol. The highest BCUT2D eigenvalue weighted by molar-refractivity contribution is 6.04. The number of amidine groups is 1. The maximum Gasteiger partial charge on any atom is 0.208 e. The predicted octanol–water partition coefficient (Wildman–Crippen LogP) is 6.98. The molecule has 1 aromatic rings. The molecular weight excluding hydrogens is 516 g/mol. The first-order valence-electron chi connectivity index (χ1n) is 14.6. The first-order valence-corrected chi connectivity index (χ1v) is 14.6. The number of ether oxygens (including phenoxy) is 2. The van der Waals surface area contributed by atoms with Crippen molar-refractivity contribution in [3.8, 4) is 5.75 Å². The molecule has 8 nitrogen and oxygen atoms in total. The minimum Gasteiger partial charge on any atom is -0.496 e. The van der Waals surface area contributed by atoms with Gasteiger partial charge >= 0.3 is 0 Å². The number of ketones is 1. The lowest BCUT2D eigenvalue weighted by Gasteiger charge is -2.27. The molecule has 1 rings (SSSR count). The molecule has 0 spiro atoms. The third kappa shape index (κ3) is 11.1. The van der Waals surface area contributed by atoms with Gasteiger partial charge in [0, 0.05) is 30.9 Å². The lowest BCUT2D eigenvalue weighted by molar-refractivity contribution is 0.0963. The normalized spacial score (nSPS) is 13.5. The third-order valence-electron chi connectivity index (χ3n) is 7.28. The van der Waals surface area contributed by atoms with Gasteiger partial charge in [-0.2, -0.15) is 5.10 Å². The van der Waals surface area contributed by atoms with Gasteiger partial charge in [-0.15, -0.1) is 0 Å². The highest BCUT2D eigenvalue weighted by Crippen LogP contribution is 2.37. The molecule has 0 amide bonds. The number of carbonyl (C=O) groups is 1. The molecule has 0 saturated carbocycles. The Morgan fingerprint density at radius 2 is 1.73 bits per heavy atom. The molecule has 0 bridgehead atoms. The fourth-order valence-corrected chi connectivity index (χ4v) is 4.17. The molecule has 8 heteroatoms. The van der Waals surface area contributed by atoms with E-state index in [2.05, 4.69) is 44.7 Å². The van der Waals surface area contributed by atoms with Gasteiger partial charge < -0.3 is 14.6 Å². The van der Waals surface area contributed by atoms with Gasteiger partial charge in [-0.1, -0.05) is 48.5 Å². The summed E-state index contributed by atoms with van der Waals surface area (Å²) in [5.41, 5.74) is 3.43. The van der Waals surface area contributed by atoms with Crippen LogP contribution in [0.2, 0.25) is 0 Å². The fraction of sp³-hybridized carbons (Fsp3) is 0.636. The number of aliphatic hydroxyl groups is 1. The highest BCUT2D eigenvalue weighted by atomic mass is 16.5. The summed E-state index contributed by atoms with van der Waals surface area (Å²) < 4.78 is 11.8. The summed E-state index contributed by atoms with van der Waals surface area (Å²) in [5, 5.41) is 24.1. The summed E-state index contributed by atoms with van der Waals surface area (Å²) in [6.07, 6.45) is 5.12. The van der Waals surface area contributed by atoms with Crippen LogP contribution in [0.15, 0.2) is 33.9 Å². The van der Waals surface area contributed by atoms with E-state index in [1.54, 1.807) is 21.1 Å². The van der Waals surface area contributed by atoms with Crippen LogP contribution in [-0.2, 0) is 16.6 Å². The largest absolute Gasteiger partial charge is 0.496 e. The molecule has 0 aliphatic heterocycles. The Hall–Kier alpha value is -3.00. The van der Waals surface area contributed by atoms with Crippen LogP contribution < -0.4 is 4.74 Å². The van der Waals surface area contributed by atoms with E-state index in [1.807, 2.05) is 45.9 Å². The van der Waals surface area contributed by atoms with E-state index < -0.39 is 0 Å². The molecule has 230 valence electrons. The molecule has 2 N–H and O–H groups in total. The molecule has 0 unspecified atom stereocenters. The van der Waals surface area contributed by atoms with Crippen LogP contribution in [0.5, 0.6) is 5.75 Å². The van der Waals surface area contributed by atoms with Crippen LogP contribution in [0.25, 0.3) is 0 Å². The van der Waals surface area contributed by atoms with E-state index in [4.69, 9.17) is 14.9 Å². The first kappa shape index (κ1) is 36.0. The van der Waals surface area contributed by atoms with Crippen molar-refractivity contribution in [3.05, 3.63) is 40.5 Å². The summed E-state index contributed by atoms with van der Waals surface area (Å²) in [6.45, 7) is 19.9. The van der Waals surface area contributed by atoms with Gasteiger partial charge in [0.15, 0.2) is 5.78 Å². The summed E-state index contributed by atoms with van der Waals surface area (Å²) in [6, 6.07) is 3.79. The molecule has 1 aromatic carbocycles. The number of hydrazone groups is 1. The molecule has 0 fully saturated rings.